The van der Waals surface area contributed by atoms with Crippen molar-refractivity contribution in [2.45, 2.75) is 6.92 Å². The number of nitrogens with two attached hydrogens (primary N) is 1. The SMILES string of the molecule is C/C(C=N)=C(/N)I. The average molecular weight is 210 g/mol. The van der Waals surface area contributed by atoms with Crippen LogP contribution >= 0.6 is 22.6 Å². The maximum absolute atomic E-state index is 6.67. The predicted molar refractivity (Wildman–Crippen MR) is 39.7 cm³/mol. The minimum absolute atomic E-state index is 0.688. The van der Waals surface area contributed by atoms with Gasteiger partial charge >= 0.3 is 0 Å². The van der Waals surface area contributed by atoms with Crippen LogP contribution in [0.5, 0.6) is 0 Å². The van der Waals surface area contributed by atoms with Crippen LogP contribution in [0.1, 0.15) is 6.92 Å². The molecule has 0 aliphatic heterocycles. The first-order valence-electron chi connectivity index (χ1n) is 1.81. The van der Waals surface area contributed by atoms with Crippen LogP contribution in [0.2, 0.25) is 0 Å². The molecule has 0 rings (SSSR count). The zero-order valence-electron chi connectivity index (χ0n) is 4.03. The fourth-order valence-corrected chi connectivity index (χ4v) is 0.225. The van der Waals surface area contributed by atoms with E-state index in [1.807, 2.05) is 22.6 Å². The molecule has 0 aromatic carbocycles. The summed E-state index contributed by atoms with van der Waals surface area (Å²) in [6.45, 7) is 1.80. The van der Waals surface area contributed by atoms with Crippen molar-refractivity contribution in [2.75, 3.05) is 0 Å². The van der Waals surface area contributed by atoms with Crippen molar-refractivity contribution in [3.63, 3.8) is 0 Å². The third kappa shape index (κ3) is 2.61. The van der Waals surface area contributed by atoms with Gasteiger partial charge in [0.1, 0.15) is 0 Å². The average Bonchev–Trinajstić information content (AvgIpc) is 1.65. The lowest BCUT2D eigenvalue weighted by atomic mass is 10.4. The van der Waals surface area contributed by atoms with Gasteiger partial charge in [-0.2, -0.15) is 0 Å². The summed E-state index contributed by atoms with van der Waals surface area (Å²) in [7, 11) is 0. The molecule has 3 N–H and O–H groups in total. The highest BCUT2D eigenvalue weighted by Crippen LogP contribution is 2.00. The van der Waals surface area contributed by atoms with E-state index < -0.39 is 0 Å². The lowest BCUT2D eigenvalue weighted by molar-refractivity contribution is 1.44. The molecule has 0 heterocycles. The highest BCUT2D eigenvalue weighted by atomic mass is 127. The Hall–Kier alpha value is -0.0600. The fraction of sp³-hybridized carbons (Fsp3) is 0.250. The summed E-state index contributed by atoms with van der Waals surface area (Å²) in [6, 6.07) is 0. The van der Waals surface area contributed by atoms with Crippen LogP contribution in [0.15, 0.2) is 9.28 Å². The van der Waals surface area contributed by atoms with Crippen molar-refractivity contribution in [3.05, 3.63) is 9.28 Å². The Morgan fingerprint density at radius 2 is 2.29 bits per heavy atom. The molecule has 0 aromatic heterocycles. The van der Waals surface area contributed by atoms with Crippen LogP contribution < -0.4 is 5.73 Å². The van der Waals surface area contributed by atoms with Gasteiger partial charge in [0.25, 0.3) is 0 Å². The first-order chi connectivity index (χ1) is 3.18. The molecule has 0 amide bonds. The zero-order chi connectivity index (χ0) is 5.86. The minimum atomic E-state index is 0.688. The number of allylic oxidation sites excluding steroid dienone is 1. The summed E-state index contributed by atoms with van der Waals surface area (Å²) in [6.07, 6.45) is 1.24. The van der Waals surface area contributed by atoms with Gasteiger partial charge in [0, 0.05) is 6.21 Å². The van der Waals surface area contributed by atoms with Gasteiger partial charge in [-0.25, -0.2) is 0 Å². The molecule has 7 heavy (non-hydrogen) atoms. The van der Waals surface area contributed by atoms with Gasteiger partial charge in [0.05, 0.1) is 3.70 Å². The van der Waals surface area contributed by atoms with Gasteiger partial charge in [-0.3, -0.25) is 0 Å². The fourth-order valence-electron chi connectivity index (χ4n) is 0.0689. The quantitative estimate of drug-likeness (QED) is 0.382. The lowest BCUT2D eigenvalue weighted by Gasteiger charge is -1.87. The molecule has 0 fully saturated rings. The standard InChI is InChI=1S/C4H7IN2/c1-3(2-6)4(5)7/h2,6H,7H2,1H3/b4-3-,6-2?. The molecule has 0 bridgehead atoms. The van der Waals surface area contributed by atoms with Gasteiger partial charge in [-0.1, -0.05) is 0 Å². The predicted octanol–water partition coefficient (Wildman–Crippen LogP) is 1.26. The van der Waals surface area contributed by atoms with Gasteiger partial charge in [-0.15, -0.1) is 0 Å². The molecule has 0 spiro atoms. The summed E-state index contributed by atoms with van der Waals surface area (Å²) < 4.78 is 0.688. The van der Waals surface area contributed by atoms with E-state index >= 15 is 0 Å². The van der Waals surface area contributed by atoms with Crippen molar-refractivity contribution < 1.29 is 0 Å². The van der Waals surface area contributed by atoms with Crippen molar-refractivity contribution >= 4 is 28.8 Å². The molecule has 3 heteroatoms. The second-order valence-electron chi connectivity index (χ2n) is 1.18. The molecule has 0 aliphatic rings. The molecule has 40 valence electrons. The van der Waals surface area contributed by atoms with Crippen molar-refractivity contribution in [3.8, 4) is 0 Å². The van der Waals surface area contributed by atoms with E-state index in [0.29, 0.717) is 3.70 Å². The highest BCUT2D eigenvalue weighted by Gasteiger charge is 1.83. The summed E-state index contributed by atoms with van der Waals surface area (Å²) in [5.74, 6) is 0. The minimum Gasteiger partial charge on any atom is -0.394 e. The van der Waals surface area contributed by atoms with Crippen LogP contribution in [0.4, 0.5) is 0 Å². The zero-order valence-corrected chi connectivity index (χ0v) is 6.19. The number of hydrogen-bond donors (Lipinski definition) is 2. The molecule has 0 atom stereocenters. The Balaban J connectivity index is 3.98. The van der Waals surface area contributed by atoms with E-state index in [4.69, 9.17) is 11.1 Å². The molecule has 0 saturated carbocycles. The molecule has 0 aromatic rings. The van der Waals surface area contributed by atoms with Crippen LogP contribution in [-0.2, 0) is 0 Å². The van der Waals surface area contributed by atoms with E-state index in [2.05, 4.69) is 0 Å². The number of nitrogens with one attached hydrogen (secondary N) is 1. The maximum atomic E-state index is 6.67. The first kappa shape index (κ1) is 6.94. The Labute approximate surface area is 56.4 Å². The number of rotatable bonds is 1. The molecule has 0 saturated heterocycles. The maximum Gasteiger partial charge on any atom is 0.0750 e. The van der Waals surface area contributed by atoms with Gasteiger partial charge in [0.15, 0.2) is 0 Å². The smallest absolute Gasteiger partial charge is 0.0750 e. The second kappa shape index (κ2) is 3.01. The normalized spacial score (nSPS) is 12.9. The van der Waals surface area contributed by atoms with E-state index in [9.17, 15) is 0 Å². The van der Waals surface area contributed by atoms with Crippen molar-refractivity contribution in [1.82, 2.24) is 0 Å². The number of hydrogen-bond acceptors (Lipinski definition) is 2. The Bertz CT molecular complexity index is 102. The summed E-state index contributed by atoms with van der Waals surface area (Å²) >= 11 is 1.97. The summed E-state index contributed by atoms with van der Waals surface area (Å²) in [5.41, 5.74) is 6.08. The Morgan fingerprint density at radius 3 is 2.29 bits per heavy atom. The molecule has 0 radical (unpaired) electrons. The third-order valence-corrected chi connectivity index (χ3v) is 1.44. The topological polar surface area (TPSA) is 49.9 Å². The van der Waals surface area contributed by atoms with E-state index in [-0.39, 0.29) is 0 Å². The van der Waals surface area contributed by atoms with E-state index in [1.165, 1.54) is 6.21 Å². The van der Waals surface area contributed by atoms with Gasteiger partial charge in [0.2, 0.25) is 0 Å². The van der Waals surface area contributed by atoms with Gasteiger partial charge < -0.3 is 11.1 Å². The largest absolute Gasteiger partial charge is 0.394 e. The Kier molecular flexibility index (Phi) is 2.98. The summed E-state index contributed by atoms with van der Waals surface area (Å²) in [5, 5.41) is 6.67. The van der Waals surface area contributed by atoms with Crippen molar-refractivity contribution in [1.29, 1.82) is 5.41 Å². The van der Waals surface area contributed by atoms with Crippen LogP contribution in [0.25, 0.3) is 0 Å². The van der Waals surface area contributed by atoms with Gasteiger partial charge in [-0.05, 0) is 35.1 Å². The second-order valence-corrected chi connectivity index (χ2v) is 2.34. The summed E-state index contributed by atoms with van der Waals surface area (Å²) in [4.78, 5) is 0. The molecule has 0 aliphatic carbocycles. The Morgan fingerprint density at radius 1 is 1.86 bits per heavy atom. The van der Waals surface area contributed by atoms with E-state index in [1.54, 1.807) is 6.92 Å². The molecular formula is C4H7IN2. The van der Waals surface area contributed by atoms with Crippen LogP contribution in [-0.4, -0.2) is 6.21 Å². The first-order valence-corrected chi connectivity index (χ1v) is 2.88. The van der Waals surface area contributed by atoms with Crippen LogP contribution in [0.3, 0.4) is 0 Å². The number of halogens is 1. The molecule has 2 nitrogen and oxygen atoms in total. The van der Waals surface area contributed by atoms with Crippen LogP contribution in [0, 0.1) is 5.41 Å². The van der Waals surface area contributed by atoms with Crippen molar-refractivity contribution in [2.24, 2.45) is 5.73 Å². The monoisotopic (exact) mass is 210 g/mol. The molecule has 0 unspecified atom stereocenters. The highest BCUT2D eigenvalue weighted by molar-refractivity contribution is 14.1. The van der Waals surface area contributed by atoms with E-state index in [0.717, 1.165) is 5.57 Å². The lowest BCUT2D eigenvalue weighted by Crippen LogP contribution is -1.91. The molecular weight excluding hydrogens is 203 g/mol. The third-order valence-electron chi connectivity index (χ3n) is 0.593.